The fourth-order valence-electron chi connectivity index (χ4n) is 2.28. The van der Waals surface area contributed by atoms with Gasteiger partial charge in [0.1, 0.15) is 0 Å². The molecule has 1 rings (SSSR count). The van der Waals surface area contributed by atoms with E-state index in [1.807, 2.05) is 6.92 Å². The van der Waals surface area contributed by atoms with Crippen LogP contribution in [0.4, 0.5) is 13.2 Å². The standard InChI is InChI=1S/C16H25F3N2/c1-4-10-20-15(12-21(5-2)6-3)13-8-7-9-14(11-13)16(17,18)19/h7-9,11,15,20H,4-6,10,12H2,1-3H3. The fraction of sp³-hybridized carbons (Fsp3) is 0.625. The normalized spacial score (nSPS) is 13.7. The number of rotatable bonds is 8. The minimum absolute atomic E-state index is 0.0767. The lowest BCUT2D eigenvalue weighted by Gasteiger charge is -2.27. The lowest BCUT2D eigenvalue weighted by atomic mass is 10.0. The van der Waals surface area contributed by atoms with Crippen LogP contribution < -0.4 is 5.32 Å². The number of benzene rings is 1. The van der Waals surface area contributed by atoms with Gasteiger partial charge in [0.15, 0.2) is 0 Å². The van der Waals surface area contributed by atoms with Crippen molar-refractivity contribution < 1.29 is 13.2 Å². The SMILES string of the molecule is CCCNC(CN(CC)CC)c1cccc(C(F)(F)F)c1. The molecule has 0 radical (unpaired) electrons. The second-order valence-corrected chi connectivity index (χ2v) is 5.12. The predicted molar refractivity (Wildman–Crippen MR) is 80.3 cm³/mol. The topological polar surface area (TPSA) is 15.3 Å². The molecule has 1 aromatic carbocycles. The Bertz CT molecular complexity index is 414. The summed E-state index contributed by atoms with van der Waals surface area (Å²) in [5.74, 6) is 0. The molecule has 0 heterocycles. The van der Waals surface area contributed by atoms with Crippen LogP contribution in [0.5, 0.6) is 0 Å². The van der Waals surface area contributed by atoms with Crippen molar-refractivity contribution in [3.05, 3.63) is 35.4 Å². The van der Waals surface area contributed by atoms with Gasteiger partial charge in [-0.3, -0.25) is 0 Å². The zero-order valence-corrected chi connectivity index (χ0v) is 13.0. The lowest BCUT2D eigenvalue weighted by Crippen LogP contribution is -2.35. The maximum absolute atomic E-state index is 12.8. The van der Waals surface area contributed by atoms with Crippen LogP contribution in [0.15, 0.2) is 24.3 Å². The van der Waals surface area contributed by atoms with E-state index in [-0.39, 0.29) is 6.04 Å². The minimum Gasteiger partial charge on any atom is -0.309 e. The van der Waals surface area contributed by atoms with Crippen LogP contribution >= 0.6 is 0 Å². The number of nitrogens with zero attached hydrogens (tertiary/aromatic N) is 1. The third-order valence-electron chi connectivity index (χ3n) is 3.59. The van der Waals surface area contributed by atoms with Crippen molar-refractivity contribution in [3.8, 4) is 0 Å². The van der Waals surface area contributed by atoms with Crippen molar-refractivity contribution in [2.24, 2.45) is 0 Å². The van der Waals surface area contributed by atoms with E-state index >= 15 is 0 Å². The number of hydrogen-bond donors (Lipinski definition) is 1. The van der Waals surface area contributed by atoms with Crippen LogP contribution in [0.2, 0.25) is 0 Å². The van der Waals surface area contributed by atoms with E-state index in [4.69, 9.17) is 0 Å². The van der Waals surface area contributed by atoms with Crippen molar-refractivity contribution in [2.75, 3.05) is 26.2 Å². The van der Waals surface area contributed by atoms with Gasteiger partial charge in [0.25, 0.3) is 0 Å². The van der Waals surface area contributed by atoms with Crippen LogP contribution in [0, 0.1) is 0 Å². The zero-order chi connectivity index (χ0) is 15.9. The average Bonchev–Trinajstić information content (AvgIpc) is 2.47. The van der Waals surface area contributed by atoms with Gasteiger partial charge in [-0.2, -0.15) is 13.2 Å². The van der Waals surface area contributed by atoms with Crippen molar-refractivity contribution in [2.45, 2.75) is 39.4 Å². The van der Waals surface area contributed by atoms with Crippen LogP contribution in [0.3, 0.4) is 0 Å². The molecule has 1 aromatic rings. The number of alkyl halides is 3. The summed E-state index contributed by atoms with van der Waals surface area (Å²) in [7, 11) is 0. The summed E-state index contributed by atoms with van der Waals surface area (Å²) in [4.78, 5) is 2.22. The molecule has 0 spiro atoms. The molecule has 1 atom stereocenters. The average molecular weight is 302 g/mol. The van der Waals surface area contributed by atoms with E-state index in [0.717, 1.165) is 32.1 Å². The van der Waals surface area contributed by atoms with Gasteiger partial charge in [-0.15, -0.1) is 0 Å². The third-order valence-corrected chi connectivity index (χ3v) is 3.59. The van der Waals surface area contributed by atoms with Gasteiger partial charge in [-0.05, 0) is 43.8 Å². The second kappa shape index (κ2) is 8.39. The third kappa shape index (κ3) is 5.67. The van der Waals surface area contributed by atoms with Gasteiger partial charge < -0.3 is 10.2 Å². The molecule has 21 heavy (non-hydrogen) atoms. The molecule has 0 bridgehead atoms. The summed E-state index contributed by atoms with van der Waals surface area (Å²) in [6.45, 7) is 9.46. The summed E-state index contributed by atoms with van der Waals surface area (Å²) >= 11 is 0. The van der Waals surface area contributed by atoms with E-state index < -0.39 is 11.7 Å². The largest absolute Gasteiger partial charge is 0.416 e. The van der Waals surface area contributed by atoms with Crippen LogP contribution in [-0.4, -0.2) is 31.1 Å². The summed E-state index contributed by atoms with van der Waals surface area (Å²) in [6.07, 6.45) is -3.34. The molecule has 0 aliphatic carbocycles. The highest BCUT2D eigenvalue weighted by molar-refractivity contribution is 5.28. The summed E-state index contributed by atoms with van der Waals surface area (Å²) in [5, 5.41) is 3.35. The Morgan fingerprint density at radius 1 is 1.14 bits per heavy atom. The van der Waals surface area contributed by atoms with Gasteiger partial charge in [0.05, 0.1) is 5.56 Å². The lowest BCUT2D eigenvalue weighted by molar-refractivity contribution is -0.137. The second-order valence-electron chi connectivity index (χ2n) is 5.12. The van der Waals surface area contributed by atoms with Gasteiger partial charge >= 0.3 is 6.18 Å². The highest BCUT2D eigenvalue weighted by Gasteiger charge is 2.31. The van der Waals surface area contributed by atoms with Crippen LogP contribution in [-0.2, 0) is 6.18 Å². The first-order valence-electron chi connectivity index (χ1n) is 7.55. The Morgan fingerprint density at radius 3 is 2.33 bits per heavy atom. The Kier molecular flexibility index (Phi) is 7.18. The molecule has 1 unspecified atom stereocenters. The molecular formula is C16H25F3N2. The summed E-state index contributed by atoms with van der Waals surface area (Å²) < 4.78 is 38.5. The Balaban J connectivity index is 2.96. The van der Waals surface area contributed by atoms with Gasteiger partial charge in [0, 0.05) is 12.6 Å². The Labute approximate surface area is 125 Å². The number of nitrogens with one attached hydrogen (secondary N) is 1. The summed E-state index contributed by atoms with van der Waals surface area (Å²) in [5.41, 5.74) is 0.119. The van der Waals surface area contributed by atoms with Gasteiger partial charge in [-0.1, -0.05) is 32.9 Å². The molecule has 0 fully saturated rings. The summed E-state index contributed by atoms with van der Waals surface area (Å²) in [6, 6.07) is 5.56. The van der Waals surface area contributed by atoms with Crippen LogP contribution in [0.1, 0.15) is 44.4 Å². The monoisotopic (exact) mass is 302 g/mol. The Hall–Kier alpha value is -1.07. The van der Waals surface area contributed by atoms with Crippen molar-refractivity contribution in [1.82, 2.24) is 10.2 Å². The molecule has 0 aromatic heterocycles. The molecule has 120 valence electrons. The maximum atomic E-state index is 12.8. The fourth-order valence-corrected chi connectivity index (χ4v) is 2.28. The zero-order valence-electron chi connectivity index (χ0n) is 13.0. The first-order valence-corrected chi connectivity index (χ1v) is 7.55. The van der Waals surface area contributed by atoms with Gasteiger partial charge in [0.2, 0.25) is 0 Å². The Morgan fingerprint density at radius 2 is 1.81 bits per heavy atom. The molecular weight excluding hydrogens is 277 g/mol. The van der Waals surface area contributed by atoms with E-state index in [1.165, 1.54) is 12.1 Å². The smallest absolute Gasteiger partial charge is 0.309 e. The van der Waals surface area contributed by atoms with E-state index in [9.17, 15) is 13.2 Å². The van der Waals surface area contributed by atoms with E-state index in [2.05, 4.69) is 24.1 Å². The maximum Gasteiger partial charge on any atom is 0.416 e. The first-order chi connectivity index (χ1) is 9.92. The quantitative estimate of drug-likeness (QED) is 0.778. The number of likely N-dealkylation sites (N-methyl/N-ethyl adjacent to an activating group) is 1. The van der Waals surface area contributed by atoms with E-state index in [1.54, 1.807) is 6.07 Å². The molecule has 0 aliphatic heterocycles. The molecule has 0 saturated heterocycles. The highest BCUT2D eigenvalue weighted by Crippen LogP contribution is 2.30. The van der Waals surface area contributed by atoms with Crippen LogP contribution in [0.25, 0.3) is 0 Å². The van der Waals surface area contributed by atoms with Crippen molar-refractivity contribution >= 4 is 0 Å². The first kappa shape index (κ1) is 18.0. The van der Waals surface area contributed by atoms with Crippen molar-refractivity contribution in [1.29, 1.82) is 0 Å². The van der Waals surface area contributed by atoms with E-state index in [0.29, 0.717) is 12.1 Å². The molecule has 0 amide bonds. The van der Waals surface area contributed by atoms with Crippen molar-refractivity contribution in [3.63, 3.8) is 0 Å². The molecule has 5 heteroatoms. The molecule has 2 nitrogen and oxygen atoms in total. The molecule has 1 N–H and O–H groups in total. The predicted octanol–water partition coefficient (Wildman–Crippen LogP) is 4.09. The highest BCUT2D eigenvalue weighted by atomic mass is 19.4. The number of hydrogen-bond acceptors (Lipinski definition) is 2. The number of halogens is 3. The molecule has 0 aliphatic rings. The minimum atomic E-state index is -4.29. The molecule has 0 saturated carbocycles. The van der Waals surface area contributed by atoms with Gasteiger partial charge in [-0.25, -0.2) is 0 Å².